The van der Waals surface area contributed by atoms with Crippen LogP contribution >= 0.6 is 0 Å². The number of aryl methyl sites for hydroxylation is 1. The van der Waals surface area contributed by atoms with E-state index in [-0.39, 0.29) is 0 Å². The van der Waals surface area contributed by atoms with Crippen LogP contribution in [0.5, 0.6) is 0 Å². The Balaban J connectivity index is 1.52. The van der Waals surface area contributed by atoms with E-state index in [1.165, 1.54) is 45.1 Å². The van der Waals surface area contributed by atoms with Crippen LogP contribution in [0.2, 0.25) is 0 Å². The van der Waals surface area contributed by atoms with Crippen molar-refractivity contribution in [1.82, 2.24) is 19.8 Å². The van der Waals surface area contributed by atoms with Gasteiger partial charge in [0.15, 0.2) is 0 Å². The highest BCUT2D eigenvalue weighted by atomic mass is 15.2. The fraction of sp³-hybridized carbons (Fsp3) is 0.800. The van der Waals surface area contributed by atoms with Crippen molar-refractivity contribution in [3.8, 4) is 0 Å². The average molecular weight is 262 g/mol. The van der Waals surface area contributed by atoms with Gasteiger partial charge in [0.25, 0.3) is 0 Å². The summed E-state index contributed by atoms with van der Waals surface area (Å²) < 4.78 is 2.19. The van der Waals surface area contributed by atoms with Gasteiger partial charge in [-0.15, -0.1) is 0 Å². The second-order valence-corrected chi connectivity index (χ2v) is 6.09. The maximum absolute atomic E-state index is 4.11. The summed E-state index contributed by atoms with van der Waals surface area (Å²) in [4.78, 5) is 6.91. The minimum absolute atomic E-state index is 0.750. The van der Waals surface area contributed by atoms with Gasteiger partial charge in [-0.3, -0.25) is 4.90 Å². The molecule has 1 aromatic rings. The van der Waals surface area contributed by atoms with Crippen molar-refractivity contribution >= 4 is 0 Å². The topological polar surface area (TPSA) is 33.1 Å². The predicted octanol–water partition coefficient (Wildman–Crippen LogP) is 1.88. The standard InChI is InChI=1S/C15H26N4/c1-16-13-10-14-4-2-5-15(11-13)19(14)8-3-7-18-9-6-17-12-18/h6,9,12-16H,2-5,7-8,10-11H2,1H3. The summed E-state index contributed by atoms with van der Waals surface area (Å²) in [6.45, 7) is 2.36. The van der Waals surface area contributed by atoms with Gasteiger partial charge in [0.1, 0.15) is 0 Å². The van der Waals surface area contributed by atoms with Gasteiger partial charge in [-0.2, -0.15) is 0 Å². The predicted molar refractivity (Wildman–Crippen MR) is 77.1 cm³/mol. The van der Waals surface area contributed by atoms with E-state index >= 15 is 0 Å². The van der Waals surface area contributed by atoms with Crippen molar-refractivity contribution in [2.24, 2.45) is 0 Å². The number of nitrogens with one attached hydrogen (secondary N) is 1. The van der Waals surface area contributed by atoms with Crippen molar-refractivity contribution in [3.63, 3.8) is 0 Å². The number of hydrogen-bond acceptors (Lipinski definition) is 3. The Labute approximate surface area is 116 Å². The second-order valence-electron chi connectivity index (χ2n) is 6.09. The number of aromatic nitrogens is 2. The first-order valence-electron chi connectivity index (χ1n) is 7.75. The van der Waals surface area contributed by atoms with Crippen LogP contribution < -0.4 is 5.32 Å². The van der Waals surface area contributed by atoms with Crippen molar-refractivity contribution in [1.29, 1.82) is 0 Å². The van der Waals surface area contributed by atoms with Crippen LogP contribution in [0.25, 0.3) is 0 Å². The van der Waals surface area contributed by atoms with Crippen LogP contribution in [0.3, 0.4) is 0 Å². The zero-order chi connectivity index (χ0) is 13.1. The van der Waals surface area contributed by atoms with Gasteiger partial charge >= 0.3 is 0 Å². The molecular formula is C15H26N4. The molecule has 19 heavy (non-hydrogen) atoms. The Kier molecular flexibility index (Phi) is 4.18. The molecule has 0 spiro atoms. The Morgan fingerprint density at radius 3 is 2.63 bits per heavy atom. The summed E-state index contributed by atoms with van der Waals surface area (Å²) in [5, 5.41) is 3.49. The minimum atomic E-state index is 0.750. The van der Waals surface area contributed by atoms with E-state index < -0.39 is 0 Å². The van der Waals surface area contributed by atoms with Gasteiger partial charge in [0.2, 0.25) is 0 Å². The molecule has 106 valence electrons. The van der Waals surface area contributed by atoms with Crippen LogP contribution in [0.15, 0.2) is 18.7 Å². The van der Waals surface area contributed by atoms with E-state index in [4.69, 9.17) is 0 Å². The molecule has 2 bridgehead atoms. The van der Waals surface area contributed by atoms with E-state index in [1.807, 2.05) is 12.5 Å². The molecule has 1 aromatic heterocycles. The van der Waals surface area contributed by atoms with Gasteiger partial charge in [-0.05, 0) is 39.2 Å². The fourth-order valence-corrected chi connectivity index (χ4v) is 3.93. The molecule has 0 saturated carbocycles. The molecule has 2 atom stereocenters. The van der Waals surface area contributed by atoms with E-state index in [9.17, 15) is 0 Å². The SMILES string of the molecule is CNC1CC2CCCC(C1)N2CCCn1ccnc1. The summed E-state index contributed by atoms with van der Waals surface area (Å²) in [7, 11) is 2.12. The molecule has 0 radical (unpaired) electrons. The number of hydrogen-bond donors (Lipinski definition) is 1. The quantitative estimate of drug-likeness (QED) is 0.879. The van der Waals surface area contributed by atoms with Gasteiger partial charge in [0.05, 0.1) is 6.33 Å². The van der Waals surface area contributed by atoms with Crippen LogP contribution in [-0.2, 0) is 6.54 Å². The molecule has 3 heterocycles. The summed E-state index contributed by atoms with van der Waals surface area (Å²) in [5.74, 6) is 0. The van der Waals surface area contributed by atoms with Crippen molar-refractivity contribution in [3.05, 3.63) is 18.7 Å². The third-order valence-corrected chi connectivity index (χ3v) is 4.93. The van der Waals surface area contributed by atoms with Crippen LogP contribution in [0.1, 0.15) is 38.5 Å². The Bertz CT molecular complexity index is 362. The molecule has 2 aliphatic rings. The highest BCUT2D eigenvalue weighted by Crippen LogP contribution is 2.33. The van der Waals surface area contributed by atoms with Crippen LogP contribution in [0.4, 0.5) is 0 Å². The molecule has 0 amide bonds. The summed E-state index contributed by atoms with van der Waals surface area (Å²) in [6, 6.07) is 2.40. The lowest BCUT2D eigenvalue weighted by molar-refractivity contribution is 0.0243. The lowest BCUT2D eigenvalue weighted by atomic mass is 9.81. The number of nitrogens with zero attached hydrogens (tertiary/aromatic N) is 3. The van der Waals surface area contributed by atoms with E-state index in [0.29, 0.717) is 0 Å². The molecule has 0 aromatic carbocycles. The maximum Gasteiger partial charge on any atom is 0.0945 e. The molecule has 4 nitrogen and oxygen atoms in total. The van der Waals surface area contributed by atoms with E-state index in [2.05, 4.69) is 33.0 Å². The molecule has 2 unspecified atom stereocenters. The normalized spacial score (nSPS) is 31.5. The molecule has 3 rings (SSSR count). The zero-order valence-corrected chi connectivity index (χ0v) is 12.0. The monoisotopic (exact) mass is 262 g/mol. The van der Waals surface area contributed by atoms with Crippen molar-refractivity contribution < 1.29 is 0 Å². The molecule has 2 fully saturated rings. The average Bonchev–Trinajstić information content (AvgIpc) is 2.91. The molecular weight excluding hydrogens is 236 g/mol. The van der Waals surface area contributed by atoms with Gasteiger partial charge in [-0.25, -0.2) is 4.98 Å². The Morgan fingerprint density at radius 2 is 2.00 bits per heavy atom. The molecule has 0 aliphatic carbocycles. The second kappa shape index (κ2) is 6.06. The summed E-state index contributed by atoms with van der Waals surface area (Å²) in [6.07, 6.45) is 14.0. The lowest BCUT2D eigenvalue weighted by Gasteiger charge is -2.49. The zero-order valence-electron chi connectivity index (χ0n) is 12.0. The number of imidazole rings is 1. The number of rotatable bonds is 5. The number of fused-ring (bicyclic) bond motifs is 2. The lowest BCUT2D eigenvalue weighted by Crippen LogP contribution is -2.56. The van der Waals surface area contributed by atoms with Crippen molar-refractivity contribution in [2.45, 2.75) is 63.2 Å². The first-order chi connectivity index (χ1) is 9.36. The molecule has 4 heteroatoms. The molecule has 2 aliphatic heterocycles. The van der Waals surface area contributed by atoms with E-state index in [1.54, 1.807) is 0 Å². The fourth-order valence-electron chi connectivity index (χ4n) is 3.93. The Hall–Kier alpha value is -0.870. The first kappa shape index (κ1) is 13.1. The third-order valence-electron chi connectivity index (χ3n) is 4.93. The highest BCUT2D eigenvalue weighted by Gasteiger charge is 2.37. The summed E-state index contributed by atoms with van der Waals surface area (Å²) >= 11 is 0. The summed E-state index contributed by atoms with van der Waals surface area (Å²) in [5.41, 5.74) is 0. The van der Waals surface area contributed by atoms with Crippen molar-refractivity contribution in [2.75, 3.05) is 13.6 Å². The highest BCUT2D eigenvalue weighted by molar-refractivity contribution is 4.94. The van der Waals surface area contributed by atoms with Crippen LogP contribution in [-0.4, -0.2) is 46.2 Å². The first-order valence-corrected chi connectivity index (χ1v) is 7.75. The minimum Gasteiger partial charge on any atom is -0.337 e. The van der Waals surface area contributed by atoms with Gasteiger partial charge in [0, 0.05) is 43.6 Å². The van der Waals surface area contributed by atoms with Gasteiger partial charge in [-0.1, -0.05) is 6.42 Å². The smallest absolute Gasteiger partial charge is 0.0945 e. The Morgan fingerprint density at radius 1 is 1.21 bits per heavy atom. The molecule has 2 saturated heterocycles. The molecule has 1 N–H and O–H groups in total. The number of piperidine rings is 2. The van der Waals surface area contributed by atoms with Crippen LogP contribution in [0, 0.1) is 0 Å². The van der Waals surface area contributed by atoms with Gasteiger partial charge < -0.3 is 9.88 Å². The maximum atomic E-state index is 4.11. The van der Waals surface area contributed by atoms with E-state index in [0.717, 1.165) is 24.7 Å². The third kappa shape index (κ3) is 3.00. The largest absolute Gasteiger partial charge is 0.337 e.